The molecule has 0 heterocycles. The summed E-state index contributed by atoms with van der Waals surface area (Å²) >= 11 is 0. The fourth-order valence-electron chi connectivity index (χ4n) is 1.53. The summed E-state index contributed by atoms with van der Waals surface area (Å²) in [4.78, 5) is 0. The molecule has 0 aromatic heterocycles. The van der Waals surface area contributed by atoms with Crippen LogP contribution in [0.1, 0.15) is 46.0 Å². The van der Waals surface area contributed by atoms with Gasteiger partial charge in [-0.15, -0.1) is 0 Å². The molecular formula is C11H26N2O2S. The van der Waals surface area contributed by atoms with E-state index in [-0.39, 0.29) is 11.8 Å². The van der Waals surface area contributed by atoms with Crippen molar-refractivity contribution in [1.82, 2.24) is 10.0 Å². The molecule has 0 radical (unpaired) electrons. The minimum Gasteiger partial charge on any atom is -0.320 e. The van der Waals surface area contributed by atoms with Crippen molar-refractivity contribution in [1.29, 1.82) is 0 Å². The topological polar surface area (TPSA) is 58.2 Å². The van der Waals surface area contributed by atoms with E-state index in [1.165, 1.54) is 0 Å². The smallest absolute Gasteiger partial charge is 0.211 e. The first kappa shape index (κ1) is 15.9. The van der Waals surface area contributed by atoms with E-state index in [0.29, 0.717) is 0 Å². The van der Waals surface area contributed by atoms with Gasteiger partial charge in [0.1, 0.15) is 0 Å². The van der Waals surface area contributed by atoms with E-state index in [0.717, 1.165) is 38.6 Å². The van der Waals surface area contributed by atoms with Crippen LogP contribution in [-0.2, 0) is 10.0 Å². The zero-order chi connectivity index (χ0) is 12.4. The molecule has 2 N–H and O–H groups in total. The lowest BCUT2D eigenvalue weighted by Crippen LogP contribution is -2.34. The monoisotopic (exact) mass is 250 g/mol. The Kier molecular flexibility index (Phi) is 8.89. The second-order valence-corrected chi connectivity index (χ2v) is 6.16. The van der Waals surface area contributed by atoms with Crippen LogP contribution in [0.25, 0.3) is 0 Å². The second-order valence-electron chi connectivity index (χ2n) is 4.29. The van der Waals surface area contributed by atoms with Crippen LogP contribution in [0.5, 0.6) is 0 Å². The van der Waals surface area contributed by atoms with Crippen LogP contribution in [0.15, 0.2) is 0 Å². The number of unbranched alkanes of at least 4 members (excludes halogenated alkanes) is 2. The Morgan fingerprint density at radius 1 is 1.19 bits per heavy atom. The van der Waals surface area contributed by atoms with Crippen LogP contribution in [0.2, 0.25) is 0 Å². The van der Waals surface area contributed by atoms with E-state index in [4.69, 9.17) is 0 Å². The van der Waals surface area contributed by atoms with Gasteiger partial charge in [-0.3, -0.25) is 0 Å². The quantitative estimate of drug-likeness (QED) is 0.577. The lowest BCUT2D eigenvalue weighted by Gasteiger charge is -2.13. The van der Waals surface area contributed by atoms with Crippen molar-refractivity contribution >= 4 is 10.0 Å². The molecule has 0 aromatic rings. The summed E-state index contributed by atoms with van der Waals surface area (Å²) in [5.74, 6) is 0.241. The van der Waals surface area contributed by atoms with Gasteiger partial charge in [0.25, 0.3) is 0 Å². The third kappa shape index (κ3) is 9.12. The van der Waals surface area contributed by atoms with Crippen molar-refractivity contribution in [2.45, 2.75) is 52.0 Å². The maximum atomic E-state index is 11.6. The highest BCUT2D eigenvalue weighted by Gasteiger charge is 2.13. The average Bonchev–Trinajstić information content (AvgIpc) is 2.21. The Hall–Kier alpha value is -0.130. The van der Waals surface area contributed by atoms with Crippen molar-refractivity contribution < 1.29 is 8.42 Å². The molecule has 98 valence electrons. The predicted molar refractivity (Wildman–Crippen MR) is 69.1 cm³/mol. The van der Waals surface area contributed by atoms with Crippen molar-refractivity contribution in [2.75, 3.05) is 19.3 Å². The Bertz CT molecular complexity index is 253. The highest BCUT2D eigenvalue weighted by atomic mass is 32.2. The van der Waals surface area contributed by atoms with Crippen LogP contribution in [0.4, 0.5) is 0 Å². The van der Waals surface area contributed by atoms with Gasteiger partial charge < -0.3 is 5.32 Å². The molecule has 0 aliphatic rings. The molecule has 0 bridgehead atoms. The predicted octanol–water partition coefficient (Wildman–Crippen LogP) is 1.48. The summed E-state index contributed by atoms with van der Waals surface area (Å²) in [6, 6.07) is 0.0641. The molecule has 0 amide bonds. The molecular weight excluding hydrogens is 224 g/mol. The van der Waals surface area contributed by atoms with Crippen molar-refractivity contribution in [3.8, 4) is 0 Å². The van der Waals surface area contributed by atoms with Gasteiger partial charge in [0, 0.05) is 6.04 Å². The summed E-state index contributed by atoms with van der Waals surface area (Å²) < 4.78 is 26.0. The maximum Gasteiger partial charge on any atom is 0.211 e. The molecule has 0 spiro atoms. The fraction of sp³-hybridized carbons (Fsp3) is 1.00. The van der Waals surface area contributed by atoms with E-state index in [9.17, 15) is 8.42 Å². The van der Waals surface area contributed by atoms with Gasteiger partial charge in [-0.25, -0.2) is 13.1 Å². The van der Waals surface area contributed by atoms with Gasteiger partial charge in [0.2, 0.25) is 10.0 Å². The van der Waals surface area contributed by atoms with Crippen LogP contribution in [0.3, 0.4) is 0 Å². The first-order chi connectivity index (χ1) is 7.52. The van der Waals surface area contributed by atoms with Crippen molar-refractivity contribution in [3.63, 3.8) is 0 Å². The highest BCUT2D eigenvalue weighted by Crippen LogP contribution is 2.02. The number of hydrogen-bond donors (Lipinski definition) is 2. The molecule has 0 rings (SSSR count). The Morgan fingerprint density at radius 2 is 1.88 bits per heavy atom. The zero-order valence-electron chi connectivity index (χ0n) is 10.8. The zero-order valence-corrected chi connectivity index (χ0v) is 11.6. The van der Waals surface area contributed by atoms with Crippen LogP contribution < -0.4 is 10.0 Å². The molecule has 0 aliphatic carbocycles. The first-order valence-corrected chi connectivity index (χ1v) is 7.81. The van der Waals surface area contributed by atoms with Gasteiger partial charge in [-0.2, -0.15) is 0 Å². The lowest BCUT2D eigenvalue weighted by atomic mass is 10.2. The molecule has 5 heteroatoms. The molecule has 0 saturated heterocycles. The Labute approximate surface area is 100 Å². The van der Waals surface area contributed by atoms with Gasteiger partial charge in [-0.1, -0.05) is 19.8 Å². The Balaban J connectivity index is 3.76. The van der Waals surface area contributed by atoms with Gasteiger partial charge >= 0.3 is 0 Å². The van der Waals surface area contributed by atoms with Crippen LogP contribution in [0, 0.1) is 0 Å². The molecule has 4 nitrogen and oxygen atoms in total. The minimum atomic E-state index is -3.07. The number of rotatable bonds is 10. The normalized spacial score (nSPS) is 13.9. The maximum absolute atomic E-state index is 11.6. The third-order valence-electron chi connectivity index (χ3n) is 2.46. The van der Waals surface area contributed by atoms with Crippen molar-refractivity contribution in [2.24, 2.45) is 0 Å². The van der Waals surface area contributed by atoms with E-state index in [1.807, 2.05) is 14.0 Å². The standard InChI is InChI=1S/C11H26N2O2S/c1-4-5-8-11(2)13-16(14,15)10-7-6-9-12-3/h11-13H,4-10H2,1-3H3. The number of nitrogens with one attached hydrogen (secondary N) is 2. The summed E-state index contributed by atoms with van der Waals surface area (Å²) in [6.45, 7) is 4.92. The minimum absolute atomic E-state index is 0.0641. The van der Waals surface area contributed by atoms with Crippen LogP contribution in [-0.4, -0.2) is 33.8 Å². The fourth-order valence-corrected chi connectivity index (χ4v) is 2.96. The largest absolute Gasteiger partial charge is 0.320 e. The van der Waals surface area contributed by atoms with E-state index < -0.39 is 10.0 Å². The summed E-state index contributed by atoms with van der Waals surface area (Å²) in [5, 5.41) is 3.01. The molecule has 0 aromatic carbocycles. The SMILES string of the molecule is CCCCC(C)NS(=O)(=O)CCCCNC. The van der Waals surface area contributed by atoms with E-state index in [1.54, 1.807) is 0 Å². The van der Waals surface area contributed by atoms with Gasteiger partial charge in [0.05, 0.1) is 5.75 Å². The van der Waals surface area contributed by atoms with Gasteiger partial charge in [0.15, 0.2) is 0 Å². The summed E-state index contributed by atoms with van der Waals surface area (Å²) in [6.07, 6.45) is 4.72. The molecule has 1 unspecified atom stereocenters. The van der Waals surface area contributed by atoms with E-state index >= 15 is 0 Å². The molecule has 0 aliphatic heterocycles. The molecule has 0 fully saturated rings. The van der Waals surface area contributed by atoms with E-state index in [2.05, 4.69) is 17.0 Å². The van der Waals surface area contributed by atoms with Crippen molar-refractivity contribution in [3.05, 3.63) is 0 Å². The third-order valence-corrected chi connectivity index (χ3v) is 4.05. The summed E-state index contributed by atoms with van der Waals surface area (Å²) in [7, 11) is -1.19. The average molecular weight is 250 g/mol. The molecule has 1 atom stereocenters. The molecule has 16 heavy (non-hydrogen) atoms. The number of sulfonamides is 1. The summed E-state index contributed by atoms with van der Waals surface area (Å²) in [5.41, 5.74) is 0. The first-order valence-electron chi connectivity index (χ1n) is 6.16. The Morgan fingerprint density at radius 3 is 2.44 bits per heavy atom. The highest BCUT2D eigenvalue weighted by molar-refractivity contribution is 7.89. The van der Waals surface area contributed by atoms with Gasteiger partial charge in [-0.05, 0) is 39.8 Å². The molecule has 0 saturated carbocycles. The second kappa shape index (κ2) is 8.96. The van der Waals surface area contributed by atoms with Crippen LogP contribution >= 0.6 is 0 Å². The number of hydrogen-bond acceptors (Lipinski definition) is 3. The lowest BCUT2D eigenvalue weighted by molar-refractivity contribution is 0.531.